The highest BCUT2D eigenvalue weighted by Crippen LogP contribution is 2.24. The van der Waals surface area contributed by atoms with Crippen LogP contribution >= 0.6 is 0 Å². The van der Waals surface area contributed by atoms with Crippen LogP contribution in [0.3, 0.4) is 0 Å². The summed E-state index contributed by atoms with van der Waals surface area (Å²) < 4.78 is 11.0. The summed E-state index contributed by atoms with van der Waals surface area (Å²) in [6.45, 7) is 3.97. The van der Waals surface area contributed by atoms with Gasteiger partial charge < -0.3 is 14.9 Å². The molecule has 18 heavy (non-hydrogen) atoms. The molecule has 4 heteroatoms. The van der Waals surface area contributed by atoms with E-state index in [9.17, 15) is 0 Å². The van der Waals surface area contributed by atoms with Gasteiger partial charge in [-0.1, -0.05) is 0 Å². The second-order valence-corrected chi connectivity index (χ2v) is 4.27. The van der Waals surface area contributed by atoms with Gasteiger partial charge in [0.25, 0.3) is 0 Å². The molecular weight excluding hydrogens is 228 g/mol. The minimum Gasteiger partial charge on any atom is -0.491 e. The topological polar surface area (TPSA) is 72.2 Å². The second kappa shape index (κ2) is 4.96. The van der Waals surface area contributed by atoms with Crippen molar-refractivity contribution in [3.05, 3.63) is 42.2 Å². The van der Waals surface area contributed by atoms with Crippen LogP contribution in [0.25, 0.3) is 11.3 Å². The lowest BCUT2D eigenvalue weighted by molar-refractivity contribution is 0.242. The Morgan fingerprint density at radius 1 is 1.17 bits per heavy atom. The maximum absolute atomic E-state index is 7.29. The lowest BCUT2D eigenvalue weighted by Crippen LogP contribution is -2.09. The van der Waals surface area contributed by atoms with Gasteiger partial charge in [-0.2, -0.15) is 0 Å². The molecule has 2 aromatic rings. The number of hydrogen-bond acceptors (Lipinski definition) is 3. The molecule has 4 nitrogen and oxygen atoms in total. The van der Waals surface area contributed by atoms with Crippen molar-refractivity contribution in [3.8, 4) is 17.1 Å². The van der Waals surface area contributed by atoms with Crippen molar-refractivity contribution in [2.24, 2.45) is 5.73 Å². The third-order valence-electron chi connectivity index (χ3n) is 2.38. The quantitative estimate of drug-likeness (QED) is 0.641. The summed E-state index contributed by atoms with van der Waals surface area (Å²) in [5, 5.41) is 7.29. The Labute approximate surface area is 106 Å². The molecule has 0 amide bonds. The van der Waals surface area contributed by atoms with Crippen LogP contribution in [0.4, 0.5) is 0 Å². The highest BCUT2D eigenvalue weighted by molar-refractivity contribution is 5.92. The molecule has 0 saturated heterocycles. The molecule has 3 N–H and O–H groups in total. The summed E-state index contributed by atoms with van der Waals surface area (Å²) in [5.41, 5.74) is 6.28. The van der Waals surface area contributed by atoms with Crippen LogP contribution in [0.2, 0.25) is 0 Å². The van der Waals surface area contributed by atoms with Crippen LogP contribution in [0.5, 0.6) is 5.75 Å². The summed E-state index contributed by atoms with van der Waals surface area (Å²) >= 11 is 0. The highest BCUT2D eigenvalue weighted by Gasteiger charge is 2.07. The van der Waals surface area contributed by atoms with Gasteiger partial charge in [0.15, 0.2) is 11.6 Å². The van der Waals surface area contributed by atoms with Crippen LogP contribution in [0.1, 0.15) is 19.6 Å². The first-order valence-corrected chi connectivity index (χ1v) is 5.77. The van der Waals surface area contributed by atoms with Crippen molar-refractivity contribution < 1.29 is 9.15 Å². The Kier molecular flexibility index (Phi) is 3.37. The fourth-order valence-electron chi connectivity index (χ4n) is 1.61. The zero-order chi connectivity index (χ0) is 13.1. The van der Waals surface area contributed by atoms with Crippen molar-refractivity contribution in [1.82, 2.24) is 0 Å². The van der Waals surface area contributed by atoms with Crippen molar-refractivity contribution in [1.29, 1.82) is 5.41 Å². The van der Waals surface area contributed by atoms with E-state index in [2.05, 4.69) is 0 Å². The molecule has 0 atom stereocenters. The van der Waals surface area contributed by atoms with Crippen molar-refractivity contribution in [2.45, 2.75) is 20.0 Å². The molecule has 0 spiro atoms. The third kappa shape index (κ3) is 2.71. The van der Waals surface area contributed by atoms with E-state index in [4.69, 9.17) is 20.3 Å². The van der Waals surface area contributed by atoms with Crippen LogP contribution in [-0.2, 0) is 0 Å². The van der Waals surface area contributed by atoms with E-state index < -0.39 is 0 Å². The molecule has 1 aromatic carbocycles. The molecule has 1 heterocycles. The summed E-state index contributed by atoms with van der Waals surface area (Å²) in [6, 6.07) is 11.1. The molecule has 94 valence electrons. The predicted molar refractivity (Wildman–Crippen MR) is 70.9 cm³/mol. The zero-order valence-corrected chi connectivity index (χ0v) is 10.4. The van der Waals surface area contributed by atoms with Gasteiger partial charge in [-0.05, 0) is 50.2 Å². The van der Waals surface area contributed by atoms with E-state index in [0.29, 0.717) is 11.5 Å². The largest absolute Gasteiger partial charge is 0.491 e. The number of nitrogens with two attached hydrogens (primary N) is 1. The average molecular weight is 244 g/mol. The van der Waals surface area contributed by atoms with Crippen LogP contribution < -0.4 is 10.5 Å². The van der Waals surface area contributed by atoms with E-state index >= 15 is 0 Å². The first-order valence-electron chi connectivity index (χ1n) is 5.77. The van der Waals surface area contributed by atoms with Gasteiger partial charge in [0.1, 0.15) is 11.5 Å². The Balaban J connectivity index is 2.20. The Morgan fingerprint density at radius 3 is 2.33 bits per heavy atom. The van der Waals surface area contributed by atoms with Crippen molar-refractivity contribution >= 4 is 5.84 Å². The number of ether oxygens (including phenoxy) is 1. The molecule has 0 radical (unpaired) electrons. The highest BCUT2D eigenvalue weighted by atomic mass is 16.5. The first-order chi connectivity index (χ1) is 8.56. The van der Waals surface area contributed by atoms with E-state index in [-0.39, 0.29) is 11.9 Å². The molecule has 1 aromatic heterocycles. The maximum atomic E-state index is 7.29. The van der Waals surface area contributed by atoms with Gasteiger partial charge in [-0.15, -0.1) is 0 Å². The first kappa shape index (κ1) is 12.2. The summed E-state index contributed by atoms with van der Waals surface area (Å²) in [7, 11) is 0. The van der Waals surface area contributed by atoms with Crippen molar-refractivity contribution in [3.63, 3.8) is 0 Å². The Morgan fingerprint density at radius 2 is 1.83 bits per heavy atom. The third-order valence-corrected chi connectivity index (χ3v) is 2.38. The molecule has 0 aliphatic heterocycles. The Bertz CT molecular complexity index is 541. The van der Waals surface area contributed by atoms with Gasteiger partial charge >= 0.3 is 0 Å². The summed E-state index contributed by atoms with van der Waals surface area (Å²) in [4.78, 5) is 0. The summed E-state index contributed by atoms with van der Waals surface area (Å²) in [6.07, 6.45) is 0.156. The molecular formula is C14H16N2O2. The van der Waals surface area contributed by atoms with E-state index in [0.717, 1.165) is 11.3 Å². The predicted octanol–water partition coefficient (Wildman–Crippen LogP) is 3.02. The smallest absolute Gasteiger partial charge is 0.168 e. The molecule has 0 saturated carbocycles. The lowest BCUT2D eigenvalue weighted by Gasteiger charge is -2.09. The van der Waals surface area contributed by atoms with E-state index in [1.54, 1.807) is 12.1 Å². The molecule has 0 aliphatic carbocycles. The van der Waals surface area contributed by atoms with E-state index in [1.165, 1.54) is 0 Å². The lowest BCUT2D eigenvalue weighted by atomic mass is 10.2. The van der Waals surface area contributed by atoms with E-state index in [1.807, 2.05) is 38.1 Å². The second-order valence-electron chi connectivity index (χ2n) is 4.27. The molecule has 2 rings (SSSR count). The van der Waals surface area contributed by atoms with Gasteiger partial charge in [-0.25, -0.2) is 0 Å². The average Bonchev–Trinajstić information content (AvgIpc) is 2.78. The standard InChI is InChI=1S/C14H16N2O2/c1-9(2)17-11-5-3-10(4-6-11)12-7-8-13(18-12)14(15)16/h3-9H,1-2H3,(H3,15,16). The van der Waals surface area contributed by atoms with Gasteiger partial charge in [0.2, 0.25) is 0 Å². The number of furan rings is 1. The fraction of sp³-hybridized carbons (Fsp3) is 0.214. The maximum Gasteiger partial charge on any atom is 0.168 e. The van der Waals surface area contributed by atoms with Crippen LogP contribution in [0.15, 0.2) is 40.8 Å². The number of benzene rings is 1. The molecule has 0 unspecified atom stereocenters. The molecule has 0 fully saturated rings. The van der Waals surface area contributed by atoms with Crippen LogP contribution in [0, 0.1) is 5.41 Å². The number of rotatable bonds is 4. The van der Waals surface area contributed by atoms with Crippen LogP contribution in [-0.4, -0.2) is 11.9 Å². The number of nitrogens with one attached hydrogen (secondary N) is 1. The fourth-order valence-corrected chi connectivity index (χ4v) is 1.61. The normalized spacial score (nSPS) is 10.6. The van der Waals surface area contributed by atoms with Gasteiger partial charge in [-0.3, -0.25) is 5.41 Å². The molecule has 0 bridgehead atoms. The SMILES string of the molecule is CC(C)Oc1ccc(-c2ccc(C(=N)N)o2)cc1. The number of nitrogen functional groups attached to an aromatic ring is 1. The monoisotopic (exact) mass is 244 g/mol. The Hall–Kier alpha value is -2.23. The number of hydrogen-bond donors (Lipinski definition) is 2. The van der Waals surface area contributed by atoms with Gasteiger partial charge in [0.05, 0.1) is 6.10 Å². The zero-order valence-electron chi connectivity index (χ0n) is 10.4. The van der Waals surface area contributed by atoms with Gasteiger partial charge in [0, 0.05) is 5.56 Å². The minimum atomic E-state index is -0.0685. The minimum absolute atomic E-state index is 0.0685. The van der Waals surface area contributed by atoms with Crippen molar-refractivity contribution in [2.75, 3.05) is 0 Å². The summed E-state index contributed by atoms with van der Waals surface area (Å²) in [5.74, 6) is 1.83. The molecule has 0 aliphatic rings. The number of amidine groups is 1.